The minimum absolute atomic E-state index is 0.137. The molecular weight excluding hydrogens is 336 g/mol. The van der Waals surface area contributed by atoms with Gasteiger partial charge in [0, 0.05) is 37.1 Å². The van der Waals surface area contributed by atoms with Crippen LogP contribution in [-0.4, -0.2) is 10.9 Å². The SMILES string of the molecule is CC(=O)Nc1cccc(-c2cncc(NCc3ccc(F)c(F)c3)c2)c1. The fraction of sp³-hybridized carbons (Fsp3) is 0.100. The lowest BCUT2D eigenvalue weighted by Crippen LogP contribution is -2.05. The molecule has 0 radical (unpaired) electrons. The van der Waals surface area contributed by atoms with Crippen molar-refractivity contribution < 1.29 is 13.6 Å². The second-order valence-corrected chi connectivity index (χ2v) is 5.83. The highest BCUT2D eigenvalue weighted by atomic mass is 19.2. The molecule has 2 N–H and O–H groups in total. The van der Waals surface area contributed by atoms with E-state index in [9.17, 15) is 13.6 Å². The Hall–Kier alpha value is -3.28. The van der Waals surface area contributed by atoms with Gasteiger partial charge in [0.15, 0.2) is 11.6 Å². The zero-order chi connectivity index (χ0) is 18.5. The second kappa shape index (κ2) is 7.74. The predicted octanol–water partition coefficient (Wildman–Crippen LogP) is 4.60. The predicted molar refractivity (Wildman–Crippen MR) is 97.7 cm³/mol. The summed E-state index contributed by atoms with van der Waals surface area (Å²) in [4.78, 5) is 15.4. The van der Waals surface area contributed by atoms with Gasteiger partial charge in [0.1, 0.15) is 0 Å². The van der Waals surface area contributed by atoms with Crippen molar-refractivity contribution in [3.8, 4) is 11.1 Å². The van der Waals surface area contributed by atoms with Crippen LogP contribution in [0.15, 0.2) is 60.9 Å². The number of carbonyl (C=O) groups is 1. The van der Waals surface area contributed by atoms with E-state index in [2.05, 4.69) is 15.6 Å². The minimum Gasteiger partial charge on any atom is -0.380 e. The van der Waals surface area contributed by atoms with Gasteiger partial charge in [-0.1, -0.05) is 18.2 Å². The third-order valence-electron chi connectivity index (χ3n) is 3.74. The lowest BCUT2D eigenvalue weighted by molar-refractivity contribution is -0.114. The van der Waals surface area contributed by atoms with Gasteiger partial charge in [-0.05, 0) is 41.5 Å². The Labute approximate surface area is 149 Å². The van der Waals surface area contributed by atoms with Crippen molar-refractivity contribution in [2.24, 2.45) is 0 Å². The van der Waals surface area contributed by atoms with E-state index in [1.807, 2.05) is 30.3 Å². The highest BCUT2D eigenvalue weighted by Crippen LogP contribution is 2.24. The fourth-order valence-electron chi connectivity index (χ4n) is 2.53. The lowest BCUT2D eigenvalue weighted by Gasteiger charge is -2.10. The van der Waals surface area contributed by atoms with Gasteiger partial charge < -0.3 is 10.6 Å². The van der Waals surface area contributed by atoms with E-state index in [1.54, 1.807) is 12.4 Å². The summed E-state index contributed by atoms with van der Waals surface area (Å²) in [7, 11) is 0. The van der Waals surface area contributed by atoms with Crippen molar-refractivity contribution in [1.29, 1.82) is 0 Å². The number of anilines is 2. The van der Waals surface area contributed by atoms with Crippen LogP contribution in [0.3, 0.4) is 0 Å². The van der Waals surface area contributed by atoms with Gasteiger partial charge >= 0.3 is 0 Å². The first kappa shape index (κ1) is 17.5. The molecule has 0 saturated carbocycles. The molecule has 0 aliphatic rings. The number of rotatable bonds is 5. The third-order valence-corrected chi connectivity index (χ3v) is 3.74. The number of carbonyl (C=O) groups excluding carboxylic acids is 1. The summed E-state index contributed by atoms with van der Waals surface area (Å²) in [5.41, 5.74) is 3.85. The molecule has 0 aliphatic heterocycles. The van der Waals surface area contributed by atoms with Crippen LogP contribution < -0.4 is 10.6 Å². The van der Waals surface area contributed by atoms with Crippen molar-refractivity contribution in [2.75, 3.05) is 10.6 Å². The molecule has 3 aromatic rings. The van der Waals surface area contributed by atoms with Crippen molar-refractivity contribution in [3.63, 3.8) is 0 Å². The molecule has 132 valence electrons. The molecule has 1 aromatic heterocycles. The number of nitrogens with one attached hydrogen (secondary N) is 2. The van der Waals surface area contributed by atoms with Crippen LogP contribution in [0.5, 0.6) is 0 Å². The molecule has 2 aromatic carbocycles. The smallest absolute Gasteiger partial charge is 0.221 e. The van der Waals surface area contributed by atoms with Crippen molar-refractivity contribution in [3.05, 3.63) is 78.1 Å². The molecule has 26 heavy (non-hydrogen) atoms. The number of hydrogen-bond acceptors (Lipinski definition) is 3. The Morgan fingerprint density at radius 2 is 1.77 bits per heavy atom. The quantitative estimate of drug-likeness (QED) is 0.705. The average molecular weight is 353 g/mol. The molecule has 3 rings (SSSR count). The summed E-state index contributed by atoms with van der Waals surface area (Å²) in [6, 6.07) is 13.1. The van der Waals surface area contributed by atoms with Crippen molar-refractivity contribution >= 4 is 17.3 Å². The Kier molecular flexibility index (Phi) is 5.22. The second-order valence-electron chi connectivity index (χ2n) is 5.83. The van der Waals surface area contributed by atoms with Crippen LogP contribution in [0.25, 0.3) is 11.1 Å². The van der Waals surface area contributed by atoms with Gasteiger partial charge in [0.05, 0.1) is 5.69 Å². The summed E-state index contributed by atoms with van der Waals surface area (Å²) in [5.74, 6) is -1.87. The highest BCUT2D eigenvalue weighted by Gasteiger charge is 2.05. The van der Waals surface area contributed by atoms with Crippen LogP contribution in [0.1, 0.15) is 12.5 Å². The van der Waals surface area contributed by atoms with E-state index >= 15 is 0 Å². The van der Waals surface area contributed by atoms with Gasteiger partial charge in [-0.25, -0.2) is 8.78 Å². The zero-order valence-corrected chi connectivity index (χ0v) is 14.1. The van der Waals surface area contributed by atoms with Gasteiger partial charge in [-0.2, -0.15) is 0 Å². The van der Waals surface area contributed by atoms with Gasteiger partial charge in [-0.15, -0.1) is 0 Å². The van der Waals surface area contributed by atoms with E-state index in [1.165, 1.54) is 13.0 Å². The first-order valence-electron chi connectivity index (χ1n) is 8.02. The largest absolute Gasteiger partial charge is 0.380 e. The average Bonchev–Trinajstić information content (AvgIpc) is 2.63. The van der Waals surface area contributed by atoms with E-state index in [-0.39, 0.29) is 5.91 Å². The molecule has 6 heteroatoms. The minimum atomic E-state index is -0.869. The number of pyridine rings is 1. The topological polar surface area (TPSA) is 54.0 Å². The first-order chi connectivity index (χ1) is 12.5. The molecular formula is C20H17F2N3O. The standard InChI is InChI=1S/C20H17F2N3O/c1-13(26)25-17-4-2-3-15(8-17)16-9-18(12-23-11-16)24-10-14-5-6-19(21)20(22)7-14/h2-9,11-12,24H,10H2,1H3,(H,25,26). The molecule has 0 unspecified atom stereocenters. The van der Waals surface area contributed by atoms with Crippen LogP contribution in [0, 0.1) is 11.6 Å². The van der Waals surface area contributed by atoms with Gasteiger partial charge in [0.25, 0.3) is 0 Å². The van der Waals surface area contributed by atoms with Crippen LogP contribution >= 0.6 is 0 Å². The third kappa shape index (κ3) is 4.42. The van der Waals surface area contributed by atoms with Crippen molar-refractivity contribution in [1.82, 2.24) is 4.98 Å². The molecule has 1 heterocycles. The molecule has 1 amide bonds. The summed E-state index contributed by atoms with van der Waals surface area (Å²) >= 11 is 0. The number of benzene rings is 2. The molecule has 0 atom stereocenters. The molecule has 0 fully saturated rings. The normalized spacial score (nSPS) is 10.4. The van der Waals surface area contributed by atoms with E-state index in [4.69, 9.17) is 0 Å². The van der Waals surface area contributed by atoms with E-state index in [0.29, 0.717) is 17.8 Å². The van der Waals surface area contributed by atoms with Gasteiger partial charge in [0.2, 0.25) is 5.91 Å². The van der Waals surface area contributed by atoms with E-state index in [0.717, 1.165) is 28.9 Å². The molecule has 0 spiro atoms. The number of aromatic nitrogens is 1. The fourth-order valence-corrected chi connectivity index (χ4v) is 2.53. The monoisotopic (exact) mass is 353 g/mol. The maximum Gasteiger partial charge on any atom is 0.221 e. The molecule has 0 saturated heterocycles. The number of halogens is 2. The van der Waals surface area contributed by atoms with Crippen LogP contribution in [0.4, 0.5) is 20.2 Å². The zero-order valence-electron chi connectivity index (χ0n) is 14.1. The Balaban J connectivity index is 1.75. The summed E-state index contributed by atoms with van der Waals surface area (Å²) in [5, 5.41) is 5.89. The highest BCUT2D eigenvalue weighted by molar-refractivity contribution is 5.89. The molecule has 0 aliphatic carbocycles. The number of hydrogen-bond donors (Lipinski definition) is 2. The summed E-state index contributed by atoms with van der Waals surface area (Å²) in [6.07, 6.45) is 3.37. The van der Waals surface area contributed by atoms with E-state index < -0.39 is 11.6 Å². The first-order valence-corrected chi connectivity index (χ1v) is 8.02. The number of amides is 1. The molecule has 4 nitrogen and oxygen atoms in total. The van der Waals surface area contributed by atoms with Gasteiger partial charge in [-0.3, -0.25) is 9.78 Å². The maximum absolute atomic E-state index is 13.3. The van der Waals surface area contributed by atoms with Crippen molar-refractivity contribution in [2.45, 2.75) is 13.5 Å². The maximum atomic E-state index is 13.3. The van der Waals surface area contributed by atoms with Crippen LogP contribution in [-0.2, 0) is 11.3 Å². The Bertz CT molecular complexity index is 944. The summed E-state index contributed by atoms with van der Waals surface area (Å²) < 4.78 is 26.3. The van der Waals surface area contributed by atoms with Crippen LogP contribution in [0.2, 0.25) is 0 Å². The number of nitrogens with zero attached hydrogens (tertiary/aromatic N) is 1. The summed E-state index contributed by atoms with van der Waals surface area (Å²) in [6.45, 7) is 1.80. The Morgan fingerprint density at radius 3 is 2.54 bits per heavy atom. The lowest BCUT2D eigenvalue weighted by atomic mass is 10.1. The Morgan fingerprint density at radius 1 is 0.962 bits per heavy atom. The molecule has 0 bridgehead atoms.